The van der Waals surface area contributed by atoms with Gasteiger partial charge in [-0.15, -0.1) is 0 Å². The fourth-order valence-corrected chi connectivity index (χ4v) is 3.92. The zero-order valence-corrected chi connectivity index (χ0v) is 16.6. The van der Waals surface area contributed by atoms with Crippen molar-refractivity contribution < 1.29 is 9.32 Å². The first kappa shape index (κ1) is 18.8. The molecule has 0 aliphatic carbocycles. The molecule has 2 atom stereocenters. The van der Waals surface area contributed by atoms with Crippen molar-refractivity contribution in [3.05, 3.63) is 45.8 Å². The van der Waals surface area contributed by atoms with Crippen LogP contribution in [0.25, 0.3) is 0 Å². The summed E-state index contributed by atoms with van der Waals surface area (Å²) in [5.41, 5.74) is 3.27. The van der Waals surface area contributed by atoms with E-state index >= 15 is 0 Å². The van der Waals surface area contributed by atoms with Gasteiger partial charge in [0.15, 0.2) is 0 Å². The molecule has 1 amide bonds. The number of nitrogens with zero attached hydrogens (tertiary/aromatic N) is 2. The molecule has 140 valence electrons. The summed E-state index contributed by atoms with van der Waals surface area (Å²) >= 11 is 6.20. The van der Waals surface area contributed by atoms with Crippen molar-refractivity contribution in [3.63, 3.8) is 0 Å². The van der Waals surface area contributed by atoms with E-state index in [0.717, 1.165) is 35.5 Å². The zero-order valence-electron chi connectivity index (χ0n) is 15.8. The first-order valence-corrected chi connectivity index (χ1v) is 9.54. The molecular formula is C20H26ClN3O2. The maximum Gasteiger partial charge on any atom is 0.256 e. The van der Waals surface area contributed by atoms with Crippen LogP contribution in [0.5, 0.6) is 0 Å². The highest BCUT2D eigenvalue weighted by molar-refractivity contribution is 6.31. The smallest absolute Gasteiger partial charge is 0.256 e. The Morgan fingerprint density at radius 1 is 1.31 bits per heavy atom. The maximum atomic E-state index is 13.3. The van der Waals surface area contributed by atoms with Gasteiger partial charge in [-0.05, 0) is 65.2 Å². The Labute approximate surface area is 159 Å². The van der Waals surface area contributed by atoms with Gasteiger partial charge in [-0.2, -0.15) is 0 Å². The molecule has 1 aliphatic rings. The molecule has 2 aromatic rings. The number of rotatable bonds is 4. The van der Waals surface area contributed by atoms with Gasteiger partial charge in [0, 0.05) is 34.9 Å². The third kappa shape index (κ3) is 3.73. The van der Waals surface area contributed by atoms with Crippen LogP contribution in [-0.4, -0.2) is 28.0 Å². The van der Waals surface area contributed by atoms with Crippen molar-refractivity contribution in [2.45, 2.75) is 65.6 Å². The summed E-state index contributed by atoms with van der Waals surface area (Å²) in [5.74, 6) is 0.823. The molecule has 1 saturated heterocycles. The molecular weight excluding hydrogens is 350 g/mol. The molecule has 26 heavy (non-hydrogen) atoms. The van der Waals surface area contributed by atoms with Gasteiger partial charge in [0.1, 0.15) is 5.76 Å². The molecule has 1 fully saturated rings. The monoisotopic (exact) mass is 375 g/mol. The SMILES string of the molecule is Cc1noc(C)c1CNc1ccc(Cl)cc1C(=O)N1[C@@H](C)CCC[C@@H]1C. The standard InChI is InChI=1S/C20H26ClN3O2/c1-12-6-5-7-13(2)24(12)20(25)17-10-16(21)8-9-19(17)22-11-18-14(3)23-26-15(18)4/h8-10,12-13,22H,5-7,11H2,1-4H3/t12-,13-/m0/s1. The van der Waals surface area contributed by atoms with Crippen LogP contribution in [0.2, 0.25) is 5.02 Å². The second-order valence-corrected chi connectivity index (χ2v) is 7.62. The molecule has 1 aliphatic heterocycles. The molecule has 0 radical (unpaired) electrons. The zero-order chi connectivity index (χ0) is 18.8. The van der Waals surface area contributed by atoms with E-state index in [1.54, 1.807) is 12.1 Å². The van der Waals surface area contributed by atoms with Gasteiger partial charge in [0.2, 0.25) is 0 Å². The topological polar surface area (TPSA) is 58.4 Å². The molecule has 1 aromatic heterocycles. The van der Waals surface area contributed by atoms with Crippen molar-refractivity contribution in [1.29, 1.82) is 0 Å². The number of carbonyl (C=O) groups excluding carboxylic acids is 1. The lowest BCUT2D eigenvalue weighted by molar-refractivity contribution is 0.0512. The molecule has 5 nitrogen and oxygen atoms in total. The van der Waals surface area contributed by atoms with Crippen molar-refractivity contribution in [1.82, 2.24) is 10.1 Å². The Hall–Kier alpha value is -2.01. The second kappa shape index (κ2) is 7.70. The summed E-state index contributed by atoms with van der Waals surface area (Å²) in [6.07, 6.45) is 3.25. The summed E-state index contributed by atoms with van der Waals surface area (Å²) in [6, 6.07) is 5.90. The van der Waals surface area contributed by atoms with Crippen LogP contribution < -0.4 is 5.32 Å². The van der Waals surface area contributed by atoms with Crippen LogP contribution in [0.1, 0.15) is 60.5 Å². The van der Waals surface area contributed by atoms with E-state index in [0.29, 0.717) is 17.1 Å². The summed E-state index contributed by atoms with van der Waals surface area (Å²) in [6.45, 7) is 8.60. The van der Waals surface area contributed by atoms with Gasteiger partial charge < -0.3 is 14.7 Å². The van der Waals surface area contributed by atoms with E-state index < -0.39 is 0 Å². The molecule has 6 heteroatoms. The fourth-order valence-electron chi connectivity index (χ4n) is 3.75. The number of hydrogen-bond donors (Lipinski definition) is 1. The number of halogens is 1. The molecule has 0 bridgehead atoms. The van der Waals surface area contributed by atoms with Crippen LogP contribution in [0.3, 0.4) is 0 Å². The number of aromatic nitrogens is 1. The van der Waals surface area contributed by atoms with Gasteiger partial charge in [-0.3, -0.25) is 4.79 Å². The minimum atomic E-state index is 0.0356. The molecule has 2 heterocycles. The van der Waals surface area contributed by atoms with Gasteiger partial charge in [-0.1, -0.05) is 16.8 Å². The number of anilines is 1. The molecule has 3 rings (SSSR count). The Bertz CT molecular complexity index is 773. The van der Waals surface area contributed by atoms with E-state index in [1.165, 1.54) is 6.42 Å². The minimum Gasteiger partial charge on any atom is -0.380 e. The van der Waals surface area contributed by atoms with Crippen molar-refractivity contribution in [2.24, 2.45) is 0 Å². The van der Waals surface area contributed by atoms with Crippen LogP contribution in [0, 0.1) is 13.8 Å². The average Bonchev–Trinajstić information content (AvgIpc) is 2.92. The van der Waals surface area contributed by atoms with E-state index in [-0.39, 0.29) is 18.0 Å². The minimum absolute atomic E-state index is 0.0356. The number of amides is 1. The number of nitrogens with one attached hydrogen (secondary N) is 1. The molecule has 1 N–H and O–H groups in total. The molecule has 1 aromatic carbocycles. The number of benzene rings is 1. The Morgan fingerprint density at radius 2 is 2.00 bits per heavy atom. The van der Waals surface area contributed by atoms with Gasteiger partial charge >= 0.3 is 0 Å². The third-order valence-electron chi connectivity index (χ3n) is 5.28. The quantitative estimate of drug-likeness (QED) is 0.820. The largest absolute Gasteiger partial charge is 0.380 e. The van der Waals surface area contributed by atoms with Crippen LogP contribution in [0.15, 0.2) is 22.7 Å². The van der Waals surface area contributed by atoms with E-state index in [2.05, 4.69) is 24.3 Å². The van der Waals surface area contributed by atoms with Crippen molar-refractivity contribution in [3.8, 4) is 0 Å². The number of likely N-dealkylation sites (tertiary alicyclic amines) is 1. The molecule has 0 unspecified atom stereocenters. The lowest BCUT2D eigenvalue weighted by Crippen LogP contribution is -2.47. The summed E-state index contributed by atoms with van der Waals surface area (Å²) in [7, 11) is 0. The van der Waals surface area contributed by atoms with Crippen LogP contribution in [0.4, 0.5) is 5.69 Å². The van der Waals surface area contributed by atoms with E-state index in [1.807, 2.05) is 24.8 Å². The van der Waals surface area contributed by atoms with E-state index in [9.17, 15) is 4.79 Å². The summed E-state index contributed by atoms with van der Waals surface area (Å²) in [5, 5.41) is 7.91. The predicted octanol–water partition coefficient (Wildman–Crippen LogP) is 4.96. The van der Waals surface area contributed by atoms with E-state index in [4.69, 9.17) is 16.1 Å². The Balaban J connectivity index is 1.87. The first-order chi connectivity index (χ1) is 12.4. The highest BCUT2D eigenvalue weighted by Gasteiger charge is 2.31. The van der Waals surface area contributed by atoms with Gasteiger partial charge in [-0.25, -0.2) is 0 Å². The highest BCUT2D eigenvalue weighted by atomic mass is 35.5. The van der Waals surface area contributed by atoms with Crippen molar-refractivity contribution >= 4 is 23.2 Å². The molecule has 0 spiro atoms. The number of carbonyl (C=O) groups is 1. The van der Waals surface area contributed by atoms with Gasteiger partial charge in [0.05, 0.1) is 11.3 Å². The maximum absolute atomic E-state index is 13.3. The normalized spacial score (nSPS) is 20.3. The molecule has 0 saturated carbocycles. The highest BCUT2D eigenvalue weighted by Crippen LogP contribution is 2.29. The lowest BCUT2D eigenvalue weighted by atomic mass is 9.96. The number of aryl methyl sites for hydroxylation is 2. The van der Waals surface area contributed by atoms with Crippen molar-refractivity contribution in [2.75, 3.05) is 5.32 Å². The fraction of sp³-hybridized carbons (Fsp3) is 0.500. The van der Waals surface area contributed by atoms with Crippen LogP contribution in [-0.2, 0) is 6.54 Å². The lowest BCUT2D eigenvalue weighted by Gasteiger charge is -2.39. The average molecular weight is 376 g/mol. The Morgan fingerprint density at radius 3 is 2.62 bits per heavy atom. The number of piperidine rings is 1. The number of hydrogen-bond acceptors (Lipinski definition) is 4. The predicted molar refractivity (Wildman–Crippen MR) is 104 cm³/mol. The van der Waals surface area contributed by atoms with Gasteiger partial charge in [0.25, 0.3) is 5.91 Å². The van der Waals surface area contributed by atoms with Crippen LogP contribution >= 0.6 is 11.6 Å². The third-order valence-corrected chi connectivity index (χ3v) is 5.51. The Kier molecular flexibility index (Phi) is 5.56. The first-order valence-electron chi connectivity index (χ1n) is 9.16. The summed E-state index contributed by atoms with van der Waals surface area (Å²) < 4.78 is 5.22. The second-order valence-electron chi connectivity index (χ2n) is 7.19. The summed E-state index contributed by atoms with van der Waals surface area (Å²) in [4.78, 5) is 15.3.